The van der Waals surface area contributed by atoms with Crippen molar-refractivity contribution >= 4 is 6.03 Å². The van der Waals surface area contributed by atoms with Crippen molar-refractivity contribution in [2.24, 2.45) is 11.7 Å². The van der Waals surface area contributed by atoms with Gasteiger partial charge in [-0.25, -0.2) is 16.5 Å². The minimum atomic E-state index is -4.90. The van der Waals surface area contributed by atoms with Gasteiger partial charge in [-0.1, -0.05) is 0 Å². The van der Waals surface area contributed by atoms with Gasteiger partial charge in [0.05, 0.1) is 0 Å². The smallest absolute Gasteiger partial charge is 0.274 e. The minimum Gasteiger partial charge on any atom is -0.274 e. The summed E-state index contributed by atoms with van der Waals surface area (Å²) >= 11 is 0. The average Bonchev–Trinajstić information content (AvgIpc) is 1.83. The number of nitrogens with zero attached hydrogens (tertiary/aromatic N) is 1. The molecule has 60 valence electrons. The van der Waals surface area contributed by atoms with Gasteiger partial charge in [-0.15, -0.1) is 13.2 Å². The molecule has 0 saturated carbocycles. The zero-order valence-corrected chi connectivity index (χ0v) is 4.64. The van der Waals surface area contributed by atoms with Gasteiger partial charge in [0.2, 0.25) is 0 Å². The van der Waals surface area contributed by atoms with Gasteiger partial charge in [-0.2, -0.15) is 5.01 Å². The maximum Gasteiger partial charge on any atom is 0.502 e. The lowest BCUT2D eigenvalue weighted by Crippen LogP contribution is -2.54. The molecule has 5 N–H and O–H groups in total. The minimum absolute atomic E-state index is 0.965. The molecule has 0 aliphatic heterocycles. The number of halogens is 3. The number of amides is 2. The summed E-state index contributed by atoms with van der Waals surface area (Å²) in [6.07, 6.45) is -4.90. The first-order chi connectivity index (χ1) is 4.39. The van der Waals surface area contributed by atoms with Gasteiger partial charge in [0, 0.05) is 0 Å². The maximum absolute atomic E-state index is 11.4. The van der Waals surface area contributed by atoms with E-state index in [4.69, 9.17) is 0 Å². The van der Waals surface area contributed by atoms with Gasteiger partial charge in [-0.3, -0.25) is 5.43 Å². The van der Waals surface area contributed by atoms with Crippen LogP contribution in [-0.4, -0.2) is 17.3 Å². The van der Waals surface area contributed by atoms with Crippen LogP contribution in [0.3, 0.4) is 0 Å². The Bertz CT molecular complexity index is 133. The number of hydrazine groups is 2. The standard InChI is InChI=1S/C2H5F3N4O/c3-2(4,5)9(7)1(10)8-6/h6-7H2,(H,8,10). The fraction of sp³-hybridized carbons (Fsp3) is 0.500. The fourth-order valence-corrected chi connectivity index (χ4v) is 0.185. The Morgan fingerprint density at radius 3 is 2.00 bits per heavy atom. The van der Waals surface area contributed by atoms with E-state index in [1.54, 1.807) is 0 Å². The molecule has 0 spiro atoms. The summed E-state index contributed by atoms with van der Waals surface area (Å²) < 4.78 is 34.1. The van der Waals surface area contributed by atoms with Crippen LogP contribution in [0.1, 0.15) is 0 Å². The molecule has 10 heavy (non-hydrogen) atoms. The van der Waals surface area contributed by atoms with Gasteiger partial charge in [0.1, 0.15) is 0 Å². The molecule has 0 fully saturated rings. The number of carbonyl (C=O) groups is 1. The topological polar surface area (TPSA) is 84.4 Å². The highest BCUT2D eigenvalue weighted by atomic mass is 19.4. The van der Waals surface area contributed by atoms with Crippen LogP contribution in [0.15, 0.2) is 0 Å². The van der Waals surface area contributed by atoms with Crippen LogP contribution in [0.5, 0.6) is 0 Å². The first-order valence-corrected chi connectivity index (χ1v) is 2.02. The number of hydrogen-bond acceptors (Lipinski definition) is 3. The van der Waals surface area contributed by atoms with Gasteiger partial charge >= 0.3 is 12.3 Å². The molecule has 0 saturated heterocycles. The molecule has 0 aromatic carbocycles. The number of nitrogens with two attached hydrogens (primary N) is 2. The Hall–Kier alpha value is -1.02. The number of urea groups is 1. The summed E-state index contributed by atoms with van der Waals surface area (Å²) in [5.41, 5.74) is 1.21. The molecule has 0 bridgehead atoms. The van der Waals surface area contributed by atoms with E-state index in [1.165, 1.54) is 5.43 Å². The van der Waals surface area contributed by atoms with Crippen molar-refractivity contribution in [2.75, 3.05) is 0 Å². The molecule has 0 atom stereocenters. The van der Waals surface area contributed by atoms with E-state index in [1.807, 2.05) is 0 Å². The number of hydrogen-bond donors (Lipinski definition) is 3. The monoisotopic (exact) mass is 158 g/mol. The zero-order valence-electron chi connectivity index (χ0n) is 4.64. The second kappa shape index (κ2) is 2.71. The highest BCUT2D eigenvalue weighted by Gasteiger charge is 2.38. The van der Waals surface area contributed by atoms with E-state index in [9.17, 15) is 18.0 Å². The molecule has 5 nitrogen and oxygen atoms in total. The van der Waals surface area contributed by atoms with Crippen molar-refractivity contribution in [2.45, 2.75) is 6.30 Å². The highest BCUT2D eigenvalue weighted by molar-refractivity contribution is 5.72. The van der Waals surface area contributed by atoms with Crippen LogP contribution < -0.4 is 17.1 Å². The number of alkyl halides is 3. The van der Waals surface area contributed by atoms with Crippen molar-refractivity contribution < 1.29 is 18.0 Å². The molecule has 0 aliphatic rings. The summed E-state index contributed by atoms with van der Waals surface area (Å²) in [6.45, 7) is 0. The molecule has 0 heterocycles. The quantitative estimate of drug-likeness (QED) is 0.188. The Morgan fingerprint density at radius 2 is 1.90 bits per heavy atom. The van der Waals surface area contributed by atoms with E-state index < -0.39 is 17.3 Å². The third-order valence-electron chi connectivity index (χ3n) is 0.615. The van der Waals surface area contributed by atoms with E-state index in [0.717, 1.165) is 0 Å². The van der Waals surface area contributed by atoms with Crippen LogP contribution in [0.25, 0.3) is 0 Å². The SMILES string of the molecule is NNC(=O)N(N)C(F)(F)F. The van der Waals surface area contributed by atoms with Gasteiger partial charge in [0.25, 0.3) is 0 Å². The summed E-state index contributed by atoms with van der Waals surface area (Å²) in [4.78, 5) is 10.0. The van der Waals surface area contributed by atoms with Gasteiger partial charge in [0.15, 0.2) is 0 Å². The van der Waals surface area contributed by atoms with E-state index in [0.29, 0.717) is 0 Å². The Labute approximate surface area is 53.7 Å². The maximum atomic E-state index is 11.4. The molecular weight excluding hydrogens is 153 g/mol. The summed E-state index contributed by atoms with van der Waals surface area (Å²) in [6, 6.07) is -1.62. The second-order valence-corrected chi connectivity index (χ2v) is 1.29. The number of carbonyl (C=O) groups excluding carboxylic acids is 1. The Morgan fingerprint density at radius 1 is 1.50 bits per heavy atom. The predicted molar refractivity (Wildman–Crippen MR) is 24.8 cm³/mol. The molecule has 8 heteroatoms. The second-order valence-electron chi connectivity index (χ2n) is 1.29. The van der Waals surface area contributed by atoms with E-state index in [-0.39, 0.29) is 0 Å². The summed E-state index contributed by atoms with van der Waals surface area (Å²) in [5, 5.41) is -0.965. The summed E-state index contributed by atoms with van der Waals surface area (Å²) in [7, 11) is 0. The van der Waals surface area contributed by atoms with Crippen LogP contribution in [0.4, 0.5) is 18.0 Å². The average molecular weight is 158 g/mol. The van der Waals surface area contributed by atoms with Crippen molar-refractivity contribution in [3.05, 3.63) is 0 Å². The third-order valence-corrected chi connectivity index (χ3v) is 0.615. The predicted octanol–water partition coefficient (Wildman–Crippen LogP) is -0.735. The van der Waals surface area contributed by atoms with Gasteiger partial charge in [-0.05, 0) is 0 Å². The van der Waals surface area contributed by atoms with Crippen LogP contribution >= 0.6 is 0 Å². The van der Waals surface area contributed by atoms with E-state index in [2.05, 4.69) is 11.7 Å². The molecule has 0 aliphatic carbocycles. The molecular formula is C2H5F3N4O. The van der Waals surface area contributed by atoms with Crippen molar-refractivity contribution in [1.82, 2.24) is 10.4 Å². The van der Waals surface area contributed by atoms with E-state index >= 15 is 0 Å². The molecule has 0 rings (SSSR count). The zero-order chi connectivity index (χ0) is 8.36. The molecule has 0 radical (unpaired) electrons. The first-order valence-electron chi connectivity index (χ1n) is 2.02. The molecule has 2 amide bonds. The first kappa shape index (κ1) is 8.98. The van der Waals surface area contributed by atoms with Gasteiger partial charge < -0.3 is 0 Å². The normalized spacial score (nSPS) is 10.9. The fourth-order valence-electron chi connectivity index (χ4n) is 0.185. The number of nitrogens with one attached hydrogen (secondary N) is 1. The molecule has 0 unspecified atom stereocenters. The van der Waals surface area contributed by atoms with Crippen LogP contribution in [-0.2, 0) is 0 Å². The Kier molecular flexibility index (Phi) is 2.43. The largest absolute Gasteiger partial charge is 0.502 e. The lowest BCUT2D eigenvalue weighted by molar-refractivity contribution is -0.225. The third kappa shape index (κ3) is 2.07. The van der Waals surface area contributed by atoms with Crippen LogP contribution in [0.2, 0.25) is 0 Å². The lowest BCUT2D eigenvalue weighted by Gasteiger charge is -2.17. The van der Waals surface area contributed by atoms with Crippen molar-refractivity contribution in [3.63, 3.8) is 0 Å². The summed E-state index contributed by atoms with van der Waals surface area (Å²) in [5.74, 6) is 8.57. The van der Waals surface area contributed by atoms with Crippen molar-refractivity contribution in [1.29, 1.82) is 0 Å². The highest BCUT2D eigenvalue weighted by Crippen LogP contribution is 2.16. The Balaban J connectivity index is 4.08. The van der Waals surface area contributed by atoms with Crippen molar-refractivity contribution in [3.8, 4) is 0 Å². The molecule has 0 aromatic heterocycles. The number of rotatable bonds is 0. The lowest BCUT2D eigenvalue weighted by atomic mass is 10.9. The molecule has 0 aromatic rings. The van der Waals surface area contributed by atoms with Crippen LogP contribution in [0, 0.1) is 0 Å².